The molecular formula is C18H19ClN2. The van der Waals surface area contributed by atoms with Gasteiger partial charge < -0.3 is 10.3 Å². The topological polar surface area (TPSA) is 27.8 Å². The molecule has 3 heteroatoms. The molecule has 4 rings (SSSR count). The van der Waals surface area contributed by atoms with Crippen LogP contribution in [0.2, 0.25) is 0 Å². The van der Waals surface area contributed by atoms with Crippen molar-refractivity contribution in [1.82, 2.24) is 10.3 Å². The fraction of sp³-hybridized carbons (Fsp3) is 0.222. The maximum Gasteiger partial charge on any atom is 0.0454 e. The van der Waals surface area contributed by atoms with Gasteiger partial charge in [-0.05, 0) is 41.1 Å². The molecule has 2 atom stereocenters. The van der Waals surface area contributed by atoms with Crippen molar-refractivity contribution in [2.45, 2.75) is 24.9 Å². The van der Waals surface area contributed by atoms with E-state index in [4.69, 9.17) is 0 Å². The molecule has 0 bridgehead atoms. The van der Waals surface area contributed by atoms with Gasteiger partial charge in [0.25, 0.3) is 0 Å². The summed E-state index contributed by atoms with van der Waals surface area (Å²) in [4.78, 5) is 3.23. The summed E-state index contributed by atoms with van der Waals surface area (Å²) in [7, 11) is 0. The van der Waals surface area contributed by atoms with Crippen LogP contribution in [-0.2, 0) is 6.54 Å². The van der Waals surface area contributed by atoms with Crippen molar-refractivity contribution in [3.8, 4) is 0 Å². The van der Waals surface area contributed by atoms with Gasteiger partial charge in [0.1, 0.15) is 0 Å². The van der Waals surface area contributed by atoms with Crippen LogP contribution in [0.25, 0.3) is 10.9 Å². The Morgan fingerprint density at radius 1 is 1.05 bits per heavy atom. The standard InChI is InChI=1S/C18H18N2.ClH/c1-2-4-14(5-3-1)16-11-18(16)20-12-13-6-7-17-15(10-13)8-9-19-17;/h1-10,16,18-20H,11-12H2;1H/t16-,18+;/m0./s1. The van der Waals surface area contributed by atoms with E-state index in [0.717, 1.165) is 6.54 Å². The summed E-state index contributed by atoms with van der Waals surface area (Å²) in [6.45, 7) is 0.953. The van der Waals surface area contributed by atoms with Crippen molar-refractivity contribution in [1.29, 1.82) is 0 Å². The van der Waals surface area contributed by atoms with Gasteiger partial charge in [0, 0.05) is 30.2 Å². The number of halogens is 1. The Kier molecular flexibility index (Phi) is 4.00. The minimum atomic E-state index is 0. The molecule has 1 heterocycles. The first-order valence-electron chi connectivity index (χ1n) is 7.24. The smallest absolute Gasteiger partial charge is 0.0454 e. The number of H-pyrrole nitrogens is 1. The lowest BCUT2D eigenvalue weighted by molar-refractivity contribution is 0.673. The fourth-order valence-corrected chi connectivity index (χ4v) is 2.95. The van der Waals surface area contributed by atoms with Gasteiger partial charge in [-0.3, -0.25) is 0 Å². The van der Waals surface area contributed by atoms with Gasteiger partial charge in [0.2, 0.25) is 0 Å². The van der Waals surface area contributed by atoms with Crippen LogP contribution in [-0.4, -0.2) is 11.0 Å². The van der Waals surface area contributed by atoms with Crippen LogP contribution in [0.5, 0.6) is 0 Å². The molecule has 0 amide bonds. The normalized spacial score (nSPS) is 20.2. The number of hydrogen-bond acceptors (Lipinski definition) is 1. The van der Waals surface area contributed by atoms with Crippen LogP contribution >= 0.6 is 12.4 Å². The van der Waals surface area contributed by atoms with E-state index in [1.54, 1.807) is 0 Å². The highest BCUT2D eigenvalue weighted by atomic mass is 35.5. The maximum atomic E-state index is 3.67. The lowest BCUT2D eigenvalue weighted by Crippen LogP contribution is -2.17. The Hall–Kier alpha value is -1.77. The summed E-state index contributed by atoms with van der Waals surface area (Å²) >= 11 is 0. The molecular weight excluding hydrogens is 280 g/mol. The molecule has 1 aliphatic carbocycles. The Balaban J connectivity index is 0.00000132. The Morgan fingerprint density at radius 3 is 2.76 bits per heavy atom. The summed E-state index contributed by atoms with van der Waals surface area (Å²) in [5, 5.41) is 4.96. The van der Waals surface area contributed by atoms with Gasteiger partial charge in [-0.15, -0.1) is 12.4 Å². The third kappa shape index (κ3) is 2.97. The van der Waals surface area contributed by atoms with Crippen molar-refractivity contribution in [2.75, 3.05) is 0 Å². The van der Waals surface area contributed by atoms with E-state index in [-0.39, 0.29) is 12.4 Å². The van der Waals surface area contributed by atoms with E-state index >= 15 is 0 Å². The Morgan fingerprint density at radius 2 is 1.90 bits per heavy atom. The summed E-state index contributed by atoms with van der Waals surface area (Å²) in [6.07, 6.45) is 3.25. The first kappa shape index (κ1) is 14.2. The molecule has 1 fully saturated rings. The minimum Gasteiger partial charge on any atom is -0.361 e. The Labute approximate surface area is 131 Å². The molecule has 1 aliphatic rings. The van der Waals surface area contributed by atoms with Crippen molar-refractivity contribution in [2.24, 2.45) is 0 Å². The van der Waals surface area contributed by atoms with Crippen LogP contribution in [0.3, 0.4) is 0 Å². The van der Waals surface area contributed by atoms with Crippen LogP contribution < -0.4 is 5.32 Å². The van der Waals surface area contributed by atoms with Gasteiger partial charge in [0.15, 0.2) is 0 Å². The number of benzene rings is 2. The number of aromatic nitrogens is 1. The first-order valence-corrected chi connectivity index (χ1v) is 7.24. The molecule has 1 aromatic heterocycles. The highest BCUT2D eigenvalue weighted by molar-refractivity contribution is 5.85. The van der Waals surface area contributed by atoms with E-state index in [0.29, 0.717) is 12.0 Å². The zero-order chi connectivity index (χ0) is 13.4. The van der Waals surface area contributed by atoms with Gasteiger partial charge in [-0.25, -0.2) is 0 Å². The maximum absolute atomic E-state index is 3.67. The average Bonchev–Trinajstić information content (AvgIpc) is 3.13. The quantitative estimate of drug-likeness (QED) is 0.741. The predicted molar refractivity (Wildman–Crippen MR) is 90.0 cm³/mol. The number of fused-ring (bicyclic) bond motifs is 1. The van der Waals surface area contributed by atoms with Gasteiger partial charge in [0.05, 0.1) is 0 Å². The number of hydrogen-bond donors (Lipinski definition) is 2. The fourth-order valence-electron chi connectivity index (χ4n) is 2.95. The SMILES string of the molecule is Cl.c1ccc([C@@H]2C[C@H]2NCc2ccc3[nH]ccc3c2)cc1. The van der Waals surface area contributed by atoms with E-state index in [1.165, 1.54) is 28.5 Å². The number of rotatable bonds is 4. The van der Waals surface area contributed by atoms with Crippen LogP contribution in [0, 0.1) is 0 Å². The van der Waals surface area contributed by atoms with Gasteiger partial charge in [-0.2, -0.15) is 0 Å². The molecule has 21 heavy (non-hydrogen) atoms. The second-order valence-electron chi connectivity index (χ2n) is 5.64. The third-order valence-corrected chi connectivity index (χ3v) is 4.20. The van der Waals surface area contributed by atoms with Crippen molar-refractivity contribution in [3.63, 3.8) is 0 Å². The largest absolute Gasteiger partial charge is 0.361 e. The molecule has 3 aromatic rings. The van der Waals surface area contributed by atoms with Crippen molar-refractivity contribution in [3.05, 3.63) is 71.9 Å². The molecule has 0 spiro atoms. The highest BCUT2D eigenvalue weighted by Crippen LogP contribution is 2.40. The summed E-state index contributed by atoms with van der Waals surface area (Å²) in [6, 6.07) is 20.2. The lowest BCUT2D eigenvalue weighted by Gasteiger charge is -2.05. The summed E-state index contributed by atoms with van der Waals surface area (Å²) in [5.74, 6) is 0.701. The zero-order valence-corrected chi connectivity index (χ0v) is 12.6. The molecule has 2 aromatic carbocycles. The average molecular weight is 299 g/mol. The Bertz CT molecular complexity index is 720. The molecule has 2 N–H and O–H groups in total. The summed E-state index contributed by atoms with van der Waals surface area (Å²) < 4.78 is 0. The third-order valence-electron chi connectivity index (χ3n) is 4.20. The highest BCUT2D eigenvalue weighted by Gasteiger charge is 2.37. The van der Waals surface area contributed by atoms with E-state index in [1.807, 2.05) is 6.20 Å². The first-order chi connectivity index (χ1) is 9.90. The summed E-state index contributed by atoms with van der Waals surface area (Å²) in [5.41, 5.74) is 4.03. The van der Waals surface area contributed by atoms with E-state index in [9.17, 15) is 0 Å². The second kappa shape index (κ2) is 5.92. The van der Waals surface area contributed by atoms with Gasteiger partial charge in [-0.1, -0.05) is 36.4 Å². The molecule has 0 aliphatic heterocycles. The van der Waals surface area contributed by atoms with Crippen LogP contribution in [0.15, 0.2) is 60.8 Å². The van der Waals surface area contributed by atoms with Crippen LogP contribution in [0.4, 0.5) is 0 Å². The van der Waals surface area contributed by atoms with E-state index in [2.05, 4.69) is 64.9 Å². The molecule has 1 saturated carbocycles. The number of nitrogens with one attached hydrogen (secondary N) is 2. The lowest BCUT2D eigenvalue weighted by atomic mass is 10.1. The van der Waals surface area contributed by atoms with Crippen molar-refractivity contribution >= 4 is 23.3 Å². The zero-order valence-electron chi connectivity index (χ0n) is 11.8. The molecule has 0 unspecified atom stereocenters. The van der Waals surface area contributed by atoms with E-state index < -0.39 is 0 Å². The number of aromatic amines is 1. The second-order valence-corrected chi connectivity index (χ2v) is 5.64. The van der Waals surface area contributed by atoms with Gasteiger partial charge >= 0.3 is 0 Å². The predicted octanol–water partition coefficient (Wildman–Crippen LogP) is 4.24. The molecule has 2 nitrogen and oxygen atoms in total. The van der Waals surface area contributed by atoms with Crippen LogP contribution in [0.1, 0.15) is 23.5 Å². The molecule has 0 radical (unpaired) electrons. The molecule has 108 valence electrons. The monoisotopic (exact) mass is 298 g/mol. The van der Waals surface area contributed by atoms with Crippen molar-refractivity contribution < 1.29 is 0 Å². The molecule has 0 saturated heterocycles. The minimum absolute atomic E-state index is 0.